The molecule has 2 rings (SSSR count). The molecule has 0 saturated carbocycles. The molecule has 6 heteroatoms. The van der Waals surface area contributed by atoms with Gasteiger partial charge in [0.1, 0.15) is 0 Å². The predicted molar refractivity (Wildman–Crippen MR) is 62.2 cm³/mol. The Morgan fingerprint density at radius 1 is 1.11 bits per heavy atom. The summed E-state index contributed by atoms with van der Waals surface area (Å²) >= 11 is 0. The van der Waals surface area contributed by atoms with E-state index in [1.165, 1.54) is 25.2 Å². The largest absolute Gasteiger partial charge is 0.319 e. The summed E-state index contributed by atoms with van der Waals surface area (Å²) in [5.74, 6) is -2.19. The molecule has 0 atom stereocenters. The van der Waals surface area contributed by atoms with E-state index in [1.807, 2.05) is 0 Å². The summed E-state index contributed by atoms with van der Waals surface area (Å²) in [7, 11) is 1.39. The SMILES string of the molecule is CC(=O)C(=O)Nc1ccc2c(c1)C(=O)N(C)C2=O. The number of nitrogens with zero attached hydrogens (tertiary/aromatic N) is 1. The summed E-state index contributed by atoms with van der Waals surface area (Å²) in [6.07, 6.45) is 0. The number of amides is 3. The van der Waals surface area contributed by atoms with Crippen LogP contribution in [0.5, 0.6) is 0 Å². The molecule has 1 aromatic rings. The quantitative estimate of drug-likeness (QED) is 0.606. The van der Waals surface area contributed by atoms with Crippen LogP contribution in [0.25, 0.3) is 0 Å². The molecule has 18 heavy (non-hydrogen) atoms. The van der Waals surface area contributed by atoms with Gasteiger partial charge in [-0.25, -0.2) is 0 Å². The Morgan fingerprint density at radius 2 is 1.72 bits per heavy atom. The third-order valence-corrected chi connectivity index (χ3v) is 2.67. The van der Waals surface area contributed by atoms with E-state index >= 15 is 0 Å². The highest BCUT2D eigenvalue weighted by molar-refractivity contribution is 6.39. The van der Waals surface area contributed by atoms with E-state index in [9.17, 15) is 19.2 Å². The van der Waals surface area contributed by atoms with Crippen LogP contribution in [0.2, 0.25) is 0 Å². The number of hydrogen-bond acceptors (Lipinski definition) is 4. The van der Waals surface area contributed by atoms with Crippen LogP contribution in [0, 0.1) is 0 Å². The molecule has 1 heterocycles. The molecule has 92 valence electrons. The van der Waals surface area contributed by atoms with E-state index in [0.717, 1.165) is 11.8 Å². The second-order valence-electron chi connectivity index (χ2n) is 3.94. The molecule has 6 nitrogen and oxygen atoms in total. The van der Waals surface area contributed by atoms with Crippen LogP contribution in [-0.4, -0.2) is 35.5 Å². The second-order valence-corrected chi connectivity index (χ2v) is 3.94. The molecule has 0 spiro atoms. The number of hydrogen-bond donors (Lipinski definition) is 1. The fourth-order valence-corrected chi connectivity index (χ4v) is 1.66. The number of carbonyl (C=O) groups excluding carboxylic acids is 4. The number of rotatable bonds is 2. The minimum atomic E-state index is -0.764. The van der Waals surface area contributed by atoms with Crippen LogP contribution < -0.4 is 5.32 Å². The van der Waals surface area contributed by atoms with Crippen molar-refractivity contribution in [3.8, 4) is 0 Å². The molecular formula is C12H10N2O4. The number of imide groups is 1. The molecule has 1 aromatic carbocycles. The lowest BCUT2D eigenvalue weighted by Gasteiger charge is -2.03. The monoisotopic (exact) mass is 246 g/mol. The zero-order chi connectivity index (χ0) is 13.4. The first kappa shape index (κ1) is 12.0. The molecule has 0 aromatic heterocycles. The number of benzene rings is 1. The van der Waals surface area contributed by atoms with E-state index in [2.05, 4.69) is 5.32 Å². The molecule has 0 bridgehead atoms. The minimum absolute atomic E-state index is 0.226. The Kier molecular flexibility index (Phi) is 2.70. The molecule has 3 amide bonds. The van der Waals surface area contributed by atoms with Crippen LogP contribution >= 0.6 is 0 Å². The summed E-state index contributed by atoms with van der Waals surface area (Å²) in [4.78, 5) is 46.3. The smallest absolute Gasteiger partial charge is 0.291 e. The van der Waals surface area contributed by atoms with Crippen molar-refractivity contribution in [2.45, 2.75) is 6.92 Å². The highest BCUT2D eigenvalue weighted by atomic mass is 16.2. The first-order chi connectivity index (χ1) is 8.41. The van der Waals surface area contributed by atoms with Crippen LogP contribution in [-0.2, 0) is 9.59 Å². The Morgan fingerprint density at radius 3 is 2.33 bits per heavy atom. The van der Waals surface area contributed by atoms with Crippen molar-refractivity contribution >= 4 is 29.2 Å². The standard InChI is InChI=1S/C12H10N2O4/c1-6(15)10(16)13-7-3-4-8-9(5-7)12(18)14(2)11(8)17/h3-5H,1-2H3,(H,13,16). The number of carbonyl (C=O) groups is 4. The van der Waals surface area contributed by atoms with E-state index in [-0.39, 0.29) is 11.5 Å². The lowest BCUT2D eigenvalue weighted by Crippen LogP contribution is -2.24. The Labute approximate surface area is 103 Å². The third-order valence-electron chi connectivity index (χ3n) is 2.67. The van der Waals surface area contributed by atoms with Crippen molar-refractivity contribution in [1.82, 2.24) is 4.90 Å². The van der Waals surface area contributed by atoms with Crippen molar-refractivity contribution in [1.29, 1.82) is 0 Å². The number of nitrogens with one attached hydrogen (secondary N) is 1. The van der Waals surface area contributed by atoms with Gasteiger partial charge in [0.25, 0.3) is 17.7 Å². The van der Waals surface area contributed by atoms with Crippen molar-refractivity contribution in [3.05, 3.63) is 29.3 Å². The minimum Gasteiger partial charge on any atom is -0.319 e. The number of anilines is 1. The van der Waals surface area contributed by atoms with Gasteiger partial charge in [0.15, 0.2) is 0 Å². The van der Waals surface area contributed by atoms with Gasteiger partial charge in [-0.2, -0.15) is 0 Å². The van der Waals surface area contributed by atoms with Crippen molar-refractivity contribution in [3.63, 3.8) is 0 Å². The van der Waals surface area contributed by atoms with Gasteiger partial charge in [-0.1, -0.05) is 0 Å². The molecule has 0 fully saturated rings. The van der Waals surface area contributed by atoms with Gasteiger partial charge >= 0.3 is 0 Å². The van der Waals surface area contributed by atoms with Gasteiger partial charge in [0.2, 0.25) is 5.78 Å². The van der Waals surface area contributed by atoms with Crippen molar-refractivity contribution in [2.75, 3.05) is 12.4 Å². The summed E-state index contributed by atoms with van der Waals surface area (Å²) in [5.41, 5.74) is 0.831. The van der Waals surface area contributed by atoms with E-state index < -0.39 is 17.6 Å². The summed E-state index contributed by atoms with van der Waals surface area (Å²) < 4.78 is 0. The van der Waals surface area contributed by atoms with Gasteiger partial charge in [-0.05, 0) is 18.2 Å². The lowest BCUT2D eigenvalue weighted by atomic mass is 10.1. The summed E-state index contributed by atoms with van der Waals surface area (Å²) in [5, 5.41) is 2.35. The third kappa shape index (κ3) is 1.77. The summed E-state index contributed by atoms with van der Waals surface area (Å²) in [6.45, 7) is 1.14. The second kappa shape index (κ2) is 4.06. The maximum absolute atomic E-state index is 11.7. The van der Waals surface area contributed by atoms with Crippen molar-refractivity contribution < 1.29 is 19.2 Å². The average molecular weight is 246 g/mol. The number of Topliss-reactive ketones (excluding diaryl/α,β-unsaturated/α-hetero) is 1. The molecule has 0 radical (unpaired) electrons. The van der Waals surface area contributed by atoms with E-state index in [0.29, 0.717) is 11.3 Å². The van der Waals surface area contributed by atoms with Crippen LogP contribution in [0.4, 0.5) is 5.69 Å². The van der Waals surface area contributed by atoms with Crippen LogP contribution in [0.1, 0.15) is 27.6 Å². The van der Waals surface area contributed by atoms with E-state index in [1.54, 1.807) is 0 Å². The topological polar surface area (TPSA) is 83.6 Å². The normalized spacial score (nSPS) is 13.6. The highest BCUT2D eigenvalue weighted by Crippen LogP contribution is 2.24. The molecule has 1 N–H and O–H groups in total. The van der Waals surface area contributed by atoms with Crippen LogP contribution in [0.15, 0.2) is 18.2 Å². The molecule has 0 unspecified atom stereocenters. The molecule has 0 saturated heterocycles. The lowest BCUT2D eigenvalue weighted by molar-refractivity contribution is -0.133. The highest BCUT2D eigenvalue weighted by Gasteiger charge is 2.32. The Balaban J connectivity index is 2.35. The number of fused-ring (bicyclic) bond motifs is 1. The van der Waals surface area contributed by atoms with Gasteiger partial charge in [0.05, 0.1) is 11.1 Å². The first-order valence-corrected chi connectivity index (χ1v) is 5.20. The molecular weight excluding hydrogens is 236 g/mol. The summed E-state index contributed by atoms with van der Waals surface area (Å²) in [6, 6.07) is 4.32. The Bertz CT molecular complexity index is 592. The molecule has 0 aliphatic carbocycles. The zero-order valence-corrected chi connectivity index (χ0v) is 9.81. The van der Waals surface area contributed by atoms with Gasteiger partial charge in [0, 0.05) is 19.7 Å². The van der Waals surface area contributed by atoms with Gasteiger partial charge in [-0.15, -0.1) is 0 Å². The Hall–Kier alpha value is -2.50. The van der Waals surface area contributed by atoms with Crippen molar-refractivity contribution in [2.24, 2.45) is 0 Å². The molecule has 1 aliphatic rings. The average Bonchev–Trinajstić information content (AvgIpc) is 2.54. The molecule has 1 aliphatic heterocycles. The maximum atomic E-state index is 11.7. The van der Waals surface area contributed by atoms with E-state index in [4.69, 9.17) is 0 Å². The van der Waals surface area contributed by atoms with Gasteiger partial charge in [-0.3, -0.25) is 24.1 Å². The van der Waals surface area contributed by atoms with Gasteiger partial charge < -0.3 is 5.32 Å². The fraction of sp³-hybridized carbons (Fsp3) is 0.167. The fourth-order valence-electron chi connectivity index (χ4n) is 1.66. The number of ketones is 1. The first-order valence-electron chi connectivity index (χ1n) is 5.20. The maximum Gasteiger partial charge on any atom is 0.291 e. The predicted octanol–water partition coefficient (Wildman–Crippen LogP) is 0.440. The zero-order valence-electron chi connectivity index (χ0n) is 9.81. The van der Waals surface area contributed by atoms with Crippen LogP contribution in [0.3, 0.4) is 0 Å².